The zero-order chi connectivity index (χ0) is 13.0. The molecule has 2 unspecified atom stereocenters. The topological polar surface area (TPSA) is 78.3 Å². The average Bonchev–Trinajstić information content (AvgIpc) is 2.38. The van der Waals surface area contributed by atoms with Gasteiger partial charge in [-0.05, 0) is 24.5 Å². The van der Waals surface area contributed by atoms with Gasteiger partial charge in [-0.15, -0.1) is 0 Å². The van der Waals surface area contributed by atoms with Crippen LogP contribution >= 0.6 is 0 Å². The van der Waals surface area contributed by atoms with Crippen LogP contribution < -0.4 is 11.5 Å². The third-order valence-electron chi connectivity index (χ3n) is 3.49. The van der Waals surface area contributed by atoms with E-state index in [1.54, 1.807) is 12.1 Å². The van der Waals surface area contributed by atoms with Gasteiger partial charge in [0.25, 0.3) is 0 Å². The Bertz CT molecular complexity index is 420. The van der Waals surface area contributed by atoms with E-state index in [4.69, 9.17) is 16.2 Å². The molecule has 98 valence electrons. The quantitative estimate of drug-likeness (QED) is 0.849. The number of ether oxygens (including phenoxy) is 1. The van der Waals surface area contributed by atoms with Crippen LogP contribution in [-0.4, -0.2) is 18.1 Å². The number of benzene rings is 1. The third kappa shape index (κ3) is 3.09. The molecule has 4 heteroatoms. The van der Waals surface area contributed by atoms with Crippen molar-refractivity contribution < 1.29 is 9.53 Å². The van der Waals surface area contributed by atoms with Gasteiger partial charge in [-0.1, -0.05) is 31.0 Å². The van der Waals surface area contributed by atoms with Crippen molar-refractivity contribution in [3.8, 4) is 0 Å². The summed E-state index contributed by atoms with van der Waals surface area (Å²) >= 11 is 0. The van der Waals surface area contributed by atoms with E-state index in [0.29, 0.717) is 12.2 Å². The molecule has 2 atom stereocenters. The summed E-state index contributed by atoms with van der Waals surface area (Å²) in [6.45, 7) is 0.400. The van der Waals surface area contributed by atoms with E-state index < -0.39 is 5.91 Å². The van der Waals surface area contributed by atoms with Crippen molar-refractivity contribution in [3.63, 3.8) is 0 Å². The normalized spacial score (nSPS) is 23.8. The molecule has 0 radical (unpaired) electrons. The number of hydrogen-bond acceptors (Lipinski definition) is 3. The second-order valence-electron chi connectivity index (χ2n) is 4.82. The van der Waals surface area contributed by atoms with Gasteiger partial charge in [0.2, 0.25) is 5.91 Å². The van der Waals surface area contributed by atoms with Crippen molar-refractivity contribution in [1.82, 2.24) is 0 Å². The zero-order valence-electron chi connectivity index (χ0n) is 10.5. The van der Waals surface area contributed by atoms with Crippen molar-refractivity contribution in [2.75, 3.05) is 0 Å². The number of nitrogens with two attached hydrogens (primary N) is 2. The predicted molar refractivity (Wildman–Crippen MR) is 70.0 cm³/mol. The summed E-state index contributed by atoms with van der Waals surface area (Å²) in [5.74, 6) is -0.415. The van der Waals surface area contributed by atoms with E-state index in [2.05, 4.69) is 0 Å². The molecular formula is C14H20N2O2. The zero-order valence-corrected chi connectivity index (χ0v) is 10.5. The molecule has 18 heavy (non-hydrogen) atoms. The minimum Gasteiger partial charge on any atom is -0.372 e. The van der Waals surface area contributed by atoms with Crippen molar-refractivity contribution in [3.05, 3.63) is 35.4 Å². The van der Waals surface area contributed by atoms with Gasteiger partial charge < -0.3 is 16.2 Å². The Labute approximate surface area is 107 Å². The van der Waals surface area contributed by atoms with Crippen molar-refractivity contribution >= 4 is 5.91 Å². The highest BCUT2D eigenvalue weighted by Crippen LogP contribution is 2.21. The van der Waals surface area contributed by atoms with E-state index in [1.807, 2.05) is 12.1 Å². The van der Waals surface area contributed by atoms with Gasteiger partial charge in [-0.25, -0.2) is 0 Å². The summed E-state index contributed by atoms with van der Waals surface area (Å²) in [5.41, 5.74) is 12.7. The number of hydrogen-bond donors (Lipinski definition) is 2. The number of amides is 1. The monoisotopic (exact) mass is 248 g/mol. The predicted octanol–water partition coefficient (Wildman–Crippen LogP) is 1.57. The van der Waals surface area contributed by atoms with E-state index in [-0.39, 0.29) is 12.1 Å². The van der Waals surface area contributed by atoms with Crippen LogP contribution in [0.3, 0.4) is 0 Å². The van der Waals surface area contributed by atoms with Crippen LogP contribution in [0.5, 0.6) is 0 Å². The minimum absolute atomic E-state index is 0.0969. The molecule has 0 aliphatic heterocycles. The van der Waals surface area contributed by atoms with Crippen LogP contribution in [0.2, 0.25) is 0 Å². The Morgan fingerprint density at radius 1 is 1.28 bits per heavy atom. The number of carbonyl (C=O) groups excluding carboxylic acids is 1. The summed E-state index contributed by atoms with van der Waals surface area (Å²) in [4.78, 5) is 11.3. The first kappa shape index (κ1) is 13.1. The highest BCUT2D eigenvalue weighted by atomic mass is 16.5. The lowest BCUT2D eigenvalue weighted by Crippen LogP contribution is -2.39. The summed E-state index contributed by atoms with van der Waals surface area (Å²) in [7, 11) is 0. The molecule has 1 aromatic rings. The van der Waals surface area contributed by atoms with Gasteiger partial charge in [0.1, 0.15) is 0 Å². The first-order valence-corrected chi connectivity index (χ1v) is 6.43. The summed E-state index contributed by atoms with van der Waals surface area (Å²) in [5, 5.41) is 0. The molecule has 2 rings (SSSR count). The second kappa shape index (κ2) is 5.98. The summed E-state index contributed by atoms with van der Waals surface area (Å²) in [6, 6.07) is 7.39. The second-order valence-corrected chi connectivity index (χ2v) is 4.82. The lowest BCUT2D eigenvalue weighted by atomic mass is 9.93. The molecule has 1 amide bonds. The van der Waals surface area contributed by atoms with Gasteiger partial charge in [-0.3, -0.25) is 4.79 Å². The highest BCUT2D eigenvalue weighted by Gasteiger charge is 2.22. The van der Waals surface area contributed by atoms with Crippen molar-refractivity contribution in [1.29, 1.82) is 0 Å². The molecule has 4 nitrogen and oxygen atoms in total. The van der Waals surface area contributed by atoms with Crippen LogP contribution in [0.25, 0.3) is 0 Å². The number of primary amides is 1. The Hall–Kier alpha value is -1.39. The number of carbonyl (C=O) groups is 1. The fourth-order valence-electron chi connectivity index (χ4n) is 2.42. The van der Waals surface area contributed by atoms with Crippen LogP contribution in [0.15, 0.2) is 24.3 Å². The number of rotatable bonds is 4. The van der Waals surface area contributed by atoms with Gasteiger partial charge in [0.05, 0.1) is 12.7 Å². The molecule has 0 spiro atoms. The third-order valence-corrected chi connectivity index (χ3v) is 3.49. The molecule has 1 fully saturated rings. The summed E-state index contributed by atoms with van der Waals surface area (Å²) < 4.78 is 5.84. The lowest BCUT2D eigenvalue weighted by molar-refractivity contribution is 0.00379. The Balaban J connectivity index is 1.99. The Kier molecular flexibility index (Phi) is 4.33. The first-order valence-electron chi connectivity index (χ1n) is 6.43. The van der Waals surface area contributed by atoms with E-state index >= 15 is 0 Å². The SMILES string of the molecule is NC(=O)c1ccccc1COC1CCCCC1N. The van der Waals surface area contributed by atoms with Gasteiger partial charge in [0.15, 0.2) is 0 Å². The molecule has 4 N–H and O–H groups in total. The molecule has 1 saturated carbocycles. The molecule has 1 aliphatic carbocycles. The maximum Gasteiger partial charge on any atom is 0.249 e. The Morgan fingerprint density at radius 2 is 2.00 bits per heavy atom. The van der Waals surface area contributed by atoms with Crippen LogP contribution in [0, 0.1) is 0 Å². The Morgan fingerprint density at radius 3 is 2.72 bits per heavy atom. The fraction of sp³-hybridized carbons (Fsp3) is 0.500. The van der Waals surface area contributed by atoms with Crippen molar-refractivity contribution in [2.45, 2.75) is 44.4 Å². The van der Waals surface area contributed by atoms with Gasteiger partial charge in [0, 0.05) is 11.6 Å². The maximum atomic E-state index is 11.3. The minimum atomic E-state index is -0.415. The molecule has 1 aliphatic rings. The van der Waals surface area contributed by atoms with Crippen LogP contribution in [-0.2, 0) is 11.3 Å². The maximum absolute atomic E-state index is 11.3. The van der Waals surface area contributed by atoms with Crippen molar-refractivity contribution in [2.24, 2.45) is 11.5 Å². The highest BCUT2D eigenvalue weighted by molar-refractivity contribution is 5.94. The van der Waals surface area contributed by atoms with E-state index in [1.165, 1.54) is 6.42 Å². The van der Waals surface area contributed by atoms with Crippen LogP contribution in [0.4, 0.5) is 0 Å². The van der Waals surface area contributed by atoms with Gasteiger partial charge >= 0.3 is 0 Å². The molecule has 0 saturated heterocycles. The smallest absolute Gasteiger partial charge is 0.249 e. The molecule has 0 bridgehead atoms. The largest absolute Gasteiger partial charge is 0.372 e. The van der Waals surface area contributed by atoms with Gasteiger partial charge in [-0.2, -0.15) is 0 Å². The average molecular weight is 248 g/mol. The summed E-state index contributed by atoms with van der Waals surface area (Å²) in [6.07, 6.45) is 4.45. The lowest BCUT2D eigenvalue weighted by Gasteiger charge is -2.28. The fourth-order valence-corrected chi connectivity index (χ4v) is 2.42. The van der Waals surface area contributed by atoms with E-state index in [0.717, 1.165) is 24.8 Å². The molecule has 0 heterocycles. The first-order chi connectivity index (χ1) is 8.68. The van der Waals surface area contributed by atoms with E-state index in [9.17, 15) is 4.79 Å². The standard InChI is InChI=1S/C14H20N2O2/c15-12-7-3-4-8-13(12)18-9-10-5-1-2-6-11(10)14(16)17/h1-2,5-6,12-13H,3-4,7-9,15H2,(H2,16,17). The molecule has 1 aromatic carbocycles. The molecular weight excluding hydrogens is 228 g/mol. The van der Waals surface area contributed by atoms with Crippen LogP contribution in [0.1, 0.15) is 41.6 Å². The molecule has 0 aromatic heterocycles.